The highest BCUT2D eigenvalue weighted by atomic mass is 15.3. The van der Waals surface area contributed by atoms with Gasteiger partial charge in [-0.05, 0) is 30.3 Å². The summed E-state index contributed by atoms with van der Waals surface area (Å²) in [5, 5.41) is 2.64. The van der Waals surface area contributed by atoms with Gasteiger partial charge >= 0.3 is 0 Å². The maximum Gasteiger partial charge on any atom is 0.0644 e. The van der Waals surface area contributed by atoms with E-state index in [0.717, 1.165) is 26.2 Å². The maximum atomic E-state index is 3.48. The number of likely N-dealkylation sites (N-methyl/N-ethyl adjacent to an activating group) is 1. The van der Waals surface area contributed by atoms with Crippen molar-refractivity contribution >= 4 is 21.8 Å². The molecule has 26 heavy (non-hydrogen) atoms. The summed E-state index contributed by atoms with van der Waals surface area (Å²) in [6, 6.07) is 17.5. The number of benzene rings is 2. The first-order valence-electron chi connectivity index (χ1n) is 9.36. The first-order valence-corrected chi connectivity index (χ1v) is 9.36. The molecule has 1 aliphatic rings. The molecule has 5 rings (SSSR count). The normalized spacial score (nSPS) is 16.8. The second-order valence-corrected chi connectivity index (χ2v) is 7.32. The molecule has 3 heterocycles. The van der Waals surface area contributed by atoms with Gasteiger partial charge in [0.05, 0.1) is 6.04 Å². The van der Waals surface area contributed by atoms with E-state index in [1.165, 1.54) is 32.9 Å². The average Bonchev–Trinajstić information content (AvgIpc) is 3.29. The fourth-order valence-corrected chi connectivity index (χ4v) is 4.28. The summed E-state index contributed by atoms with van der Waals surface area (Å²) in [5.41, 5.74) is 5.16. The number of nitrogens with zero attached hydrogens (tertiary/aromatic N) is 2. The number of nitrogens with one attached hydrogen (secondary N) is 2. The fourth-order valence-electron chi connectivity index (χ4n) is 4.28. The third kappa shape index (κ3) is 2.54. The molecule has 0 radical (unpaired) electrons. The van der Waals surface area contributed by atoms with Crippen LogP contribution in [0.2, 0.25) is 0 Å². The maximum absolute atomic E-state index is 3.48. The number of para-hydroxylation sites is 2. The van der Waals surface area contributed by atoms with Crippen LogP contribution in [0.3, 0.4) is 0 Å². The molecule has 2 aromatic heterocycles. The molecule has 2 aromatic carbocycles. The van der Waals surface area contributed by atoms with Crippen LogP contribution in [0, 0.1) is 0 Å². The third-order valence-electron chi connectivity index (χ3n) is 5.73. The Morgan fingerprint density at radius 3 is 1.77 bits per heavy atom. The van der Waals surface area contributed by atoms with E-state index >= 15 is 0 Å². The number of H-pyrrole nitrogens is 2. The summed E-state index contributed by atoms with van der Waals surface area (Å²) < 4.78 is 0. The fraction of sp³-hybridized carbons (Fsp3) is 0.273. The predicted octanol–water partition coefficient (Wildman–Crippen LogP) is 3.99. The lowest BCUT2D eigenvalue weighted by molar-refractivity contribution is 0.128. The van der Waals surface area contributed by atoms with Gasteiger partial charge < -0.3 is 14.9 Å². The van der Waals surface area contributed by atoms with Gasteiger partial charge in [-0.3, -0.25) is 4.90 Å². The van der Waals surface area contributed by atoms with Gasteiger partial charge in [0.25, 0.3) is 0 Å². The molecule has 1 fully saturated rings. The van der Waals surface area contributed by atoms with Crippen molar-refractivity contribution < 1.29 is 0 Å². The van der Waals surface area contributed by atoms with Gasteiger partial charge in [0.15, 0.2) is 0 Å². The van der Waals surface area contributed by atoms with E-state index in [9.17, 15) is 0 Å². The van der Waals surface area contributed by atoms with E-state index in [-0.39, 0.29) is 6.04 Å². The van der Waals surface area contributed by atoms with E-state index in [1.807, 2.05) is 0 Å². The number of aromatic nitrogens is 2. The Labute approximate surface area is 153 Å². The molecule has 132 valence electrons. The predicted molar refractivity (Wildman–Crippen MR) is 108 cm³/mol. The van der Waals surface area contributed by atoms with E-state index in [4.69, 9.17) is 0 Å². The molecule has 0 bridgehead atoms. The van der Waals surface area contributed by atoms with Crippen molar-refractivity contribution in [3.8, 4) is 0 Å². The molecule has 4 aromatic rings. The quantitative estimate of drug-likeness (QED) is 0.590. The Kier molecular flexibility index (Phi) is 3.80. The number of aromatic amines is 2. The molecule has 2 N–H and O–H groups in total. The Morgan fingerprint density at radius 1 is 0.731 bits per heavy atom. The average molecular weight is 344 g/mol. The van der Waals surface area contributed by atoms with Crippen LogP contribution in [0.25, 0.3) is 21.8 Å². The summed E-state index contributed by atoms with van der Waals surface area (Å²) in [6.45, 7) is 4.39. The number of fused-ring (bicyclic) bond motifs is 2. The molecular formula is C22H24N4. The summed E-state index contributed by atoms with van der Waals surface area (Å²) in [5.74, 6) is 0. The molecule has 1 saturated heterocycles. The summed E-state index contributed by atoms with van der Waals surface area (Å²) >= 11 is 0. The van der Waals surface area contributed by atoms with Crippen LogP contribution < -0.4 is 0 Å². The smallest absolute Gasteiger partial charge is 0.0644 e. The zero-order valence-electron chi connectivity index (χ0n) is 15.1. The molecule has 4 heteroatoms. The number of hydrogen-bond acceptors (Lipinski definition) is 2. The lowest BCUT2D eigenvalue weighted by atomic mass is 9.95. The molecule has 0 spiro atoms. The van der Waals surface area contributed by atoms with Crippen LogP contribution in [0.1, 0.15) is 17.2 Å². The minimum atomic E-state index is 0.260. The number of piperazine rings is 1. The third-order valence-corrected chi connectivity index (χ3v) is 5.73. The number of rotatable bonds is 3. The minimum Gasteiger partial charge on any atom is -0.361 e. The van der Waals surface area contributed by atoms with Crippen LogP contribution in [0.15, 0.2) is 60.9 Å². The highest BCUT2D eigenvalue weighted by molar-refractivity contribution is 5.87. The van der Waals surface area contributed by atoms with Gasteiger partial charge in [-0.15, -0.1) is 0 Å². The zero-order valence-corrected chi connectivity index (χ0v) is 15.1. The van der Waals surface area contributed by atoms with Crippen molar-refractivity contribution in [2.24, 2.45) is 0 Å². The monoisotopic (exact) mass is 344 g/mol. The molecule has 0 atom stereocenters. The van der Waals surface area contributed by atoms with Crippen molar-refractivity contribution in [2.45, 2.75) is 6.04 Å². The minimum absolute atomic E-state index is 0.260. The van der Waals surface area contributed by atoms with Crippen LogP contribution in [-0.4, -0.2) is 53.0 Å². The topological polar surface area (TPSA) is 38.1 Å². The lowest BCUT2D eigenvalue weighted by Crippen LogP contribution is -2.46. The highest BCUT2D eigenvalue weighted by Crippen LogP contribution is 2.37. The summed E-state index contributed by atoms with van der Waals surface area (Å²) in [7, 11) is 2.21. The van der Waals surface area contributed by atoms with E-state index in [1.54, 1.807) is 0 Å². The van der Waals surface area contributed by atoms with Crippen LogP contribution >= 0.6 is 0 Å². The van der Waals surface area contributed by atoms with Gasteiger partial charge in [-0.2, -0.15) is 0 Å². The van der Waals surface area contributed by atoms with Crippen molar-refractivity contribution in [3.63, 3.8) is 0 Å². The largest absolute Gasteiger partial charge is 0.361 e. The van der Waals surface area contributed by atoms with E-state index in [2.05, 4.69) is 87.7 Å². The first-order chi connectivity index (χ1) is 12.8. The summed E-state index contributed by atoms with van der Waals surface area (Å²) in [4.78, 5) is 12.0. The Bertz CT molecular complexity index is 962. The first kappa shape index (κ1) is 15.7. The van der Waals surface area contributed by atoms with Crippen LogP contribution in [-0.2, 0) is 0 Å². The van der Waals surface area contributed by atoms with Gasteiger partial charge in [0, 0.05) is 60.4 Å². The Morgan fingerprint density at radius 2 is 1.23 bits per heavy atom. The Hall–Kier alpha value is -2.56. The van der Waals surface area contributed by atoms with Gasteiger partial charge in [-0.25, -0.2) is 0 Å². The highest BCUT2D eigenvalue weighted by Gasteiger charge is 2.29. The molecular weight excluding hydrogens is 320 g/mol. The molecule has 0 amide bonds. The van der Waals surface area contributed by atoms with Gasteiger partial charge in [0.2, 0.25) is 0 Å². The molecule has 1 aliphatic heterocycles. The van der Waals surface area contributed by atoms with Crippen molar-refractivity contribution in [3.05, 3.63) is 72.1 Å². The van der Waals surface area contributed by atoms with Gasteiger partial charge in [-0.1, -0.05) is 36.4 Å². The molecule has 4 nitrogen and oxygen atoms in total. The molecule has 0 unspecified atom stereocenters. The molecule has 0 aliphatic carbocycles. The van der Waals surface area contributed by atoms with Crippen molar-refractivity contribution in [1.82, 2.24) is 19.8 Å². The standard InChI is InChI=1S/C22H24N4/c1-25-10-12-26(13-11-25)22(18-14-23-20-8-4-2-6-16(18)20)19-15-24-21-9-5-3-7-17(19)21/h2-9,14-15,22-24H,10-13H2,1H3. The number of hydrogen-bond donors (Lipinski definition) is 2. The second-order valence-electron chi connectivity index (χ2n) is 7.32. The van der Waals surface area contributed by atoms with E-state index in [0.29, 0.717) is 0 Å². The van der Waals surface area contributed by atoms with Crippen LogP contribution in [0.4, 0.5) is 0 Å². The second kappa shape index (κ2) is 6.31. The lowest BCUT2D eigenvalue weighted by Gasteiger charge is -2.38. The van der Waals surface area contributed by atoms with Crippen LogP contribution in [0.5, 0.6) is 0 Å². The van der Waals surface area contributed by atoms with Gasteiger partial charge in [0.1, 0.15) is 0 Å². The zero-order chi connectivity index (χ0) is 17.5. The molecule has 0 saturated carbocycles. The summed E-state index contributed by atoms with van der Waals surface area (Å²) in [6.07, 6.45) is 4.41. The SMILES string of the molecule is CN1CCN(C(c2c[nH]c3ccccc23)c2c[nH]c3ccccc23)CC1. The van der Waals surface area contributed by atoms with E-state index < -0.39 is 0 Å². The Balaban J connectivity index is 1.68. The van der Waals surface area contributed by atoms with Crippen molar-refractivity contribution in [2.75, 3.05) is 33.2 Å². The van der Waals surface area contributed by atoms with Crippen molar-refractivity contribution in [1.29, 1.82) is 0 Å².